The summed E-state index contributed by atoms with van der Waals surface area (Å²) in [5.74, 6) is 0.00644. The average Bonchev–Trinajstić information content (AvgIpc) is 2.62. The van der Waals surface area contributed by atoms with Crippen LogP contribution in [0.15, 0.2) is 65.6 Å². The molecule has 1 atom stereocenters. The molecular weight excluding hydrogens is 308 g/mol. The van der Waals surface area contributed by atoms with Gasteiger partial charge in [-0.3, -0.25) is 10.2 Å². The molecule has 1 aliphatic rings. The molecule has 1 N–H and O–H groups in total. The summed E-state index contributed by atoms with van der Waals surface area (Å²) in [7, 11) is 0. The Morgan fingerprint density at radius 1 is 1.00 bits per heavy atom. The highest BCUT2D eigenvalue weighted by molar-refractivity contribution is 8.00. The van der Waals surface area contributed by atoms with Crippen LogP contribution in [0, 0.1) is 0 Å². The number of nitrogens with zero attached hydrogens (tertiary/aromatic N) is 1. The topological polar surface area (TPSA) is 41.6 Å². The lowest BCUT2D eigenvalue weighted by Gasteiger charge is -2.28. The zero-order valence-electron chi connectivity index (χ0n) is 12.9. The van der Waals surface area contributed by atoms with Gasteiger partial charge in [-0.05, 0) is 17.7 Å². The number of hydrazine groups is 1. The van der Waals surface area contributed by atoms with Crippen molar-refractivity contribution in [1.29, 1.82) is 0 Å². The number of ether oxygens (including phenoxy) is 1. The number of thioether (sulfide) groups is 1. The molecule has 120 valence electrons. The monoisotopic (exact) mass is 328 g/mol. The Labute approximate surface area is 140 Å². The molecule has 0 aromatic heterocycles. The third kappa shape index (κ3) is 4.58. The van der Waals surface area contributed by atoms with E-state index in [4.69, 9.17) is 4.74 Å². The smallest absolute Gasteiger partial charge is 0.252 e. The second-order valence-electron chi connectivity index (χ2n) is 5.30. The molecule has 0 bridgehead atoms. The molecule has 2 aromatic carbocycles. The molecule has 0 aliphatic carbocycles. The summed E-state index contributed by atoms with van der Waals surface area (Å²) in [6, 6.07) is 19.9. The van der Waals surface area contributed by atoms with E-state index in [1.165, 1.54) is 0 Å². The molecule has 5 heteroatoms. The largest absolute Gasteiger partial charge is 0.379 e. The molecular formula is C18H20N2O2S. The second-order valence-corrected chi connectivity index (χ2v) is 6.48. The highest BCUT2D eigenvalue weighted by Crippen LogP contribution is 2.35. The number of hydrogen-bond donors (Lipinski definition) is 1. The van der Waals surface area contributed by atoms with Crippen LogP contribution in [0.25, 0.3) is 0 Å². The first kappa shape index (κ1) is 16.1. The van der Waals surface area contributed by atoms with Gasteiger partial charge in [0.25, 0.3) is 5.91 Å². The standard InChI is InChI=1S/C18H20N2O2S/c21-18(19-20-11-13-22-14-12-20)17(15-7-3-1-4-8-15)23-16-9-5-2-6-10-16/h1-10,17H,11-14H2,(H,19,21). The molecule has 1 amide bonds. The molecule has 1 aliphatic heterocycles. The number of carbonyl (C=O) groups excluding carboxylic acids is 1. The lowest BCUT2D eigenvalue weighted by Crippen LogP contribution is -2.49. The van der Waals surface area contributed by atoms with E-state index in [0.29, 0.717) is 13.2 Å². The van der Waals surface area contributed by atoms with E-state index in [0.717, 1.165) is 23.5 Å². The van der Waals surface area contributed by atoms with Crippen LogP contribution in [0.4, 0.5) is 0 Å². The summed E-state index contributed by atoms with van der Waals surface area (Å²) >= 11 is 1.57. The fourth-order valence-corrected chi connectivity index (χ4v) is 3.46. The first-order valence-corrected chi connectivity index (χ1v) is 8.61. The van der Waals surface area contributed by atoms with Gasteiger partial charge in [-0.25, -0.2) is 5.01 Å². The molecule has 0 radical (unpaired) electrons. The average molecular weight is 328 g/mol. The van der Waals surface area contributed by atoms with Crippen LogP contribution in [0.2, 0.25) is 0 Å². The van der Waals surface area contributed by atoms with E-state index in [1.807, 2.05) is 65.7 Å². The Kier molecular flexibility index (Phi) is 5.69. The molecule has 2 aromatic rings. The van der Waals surface area contributed by atoms with Gasteiger partial charge in [0.1, 0.15) is 5.25 Å². The molecule has 4 nitrogen and oxygen atoms in total. The summed E-state index contributed by atoms with van der Waals surface area (Å²) < 4.78 is 5.32. The predicted molar refractivity (Wildman–Crippen MR) is 92.0 cm³/mol. The number of morpholine rings is 1. The van der Waals surface area contributed by atoms with Gasteiger partial charge in [-0.15, -0.1) is 11.8 Å². The molecule has 0 saturated carbocycles. The van der Waals surface area contributed by atoms with Crippen LogP contribution in [-0.2, 0) is 9.53 Å². The number of benzene rings is 2. The zero-order valence-corrected chi connectivity index (χ0v) is 13.7. The number of rotatable bonds is 5. The second kappa shape index (κ2) is 8.15. The Hall–Kier alpha value is -1.82. The van der Waals surface area contributed by atoms with Gasteiger partial charge in [0, 0.05) is 18.0 Å². The predicted octanol–water partition coefficient (Wildman–Crippen LogP) is 2.88. The van der Waals surface area contributed by atoms with Gasteiger partial charge in [0.15, 0.2) is 0 Å². The highest BCUT2D eigenvalue weighted by Gasteiger charge is 2.24. The quantitative estimate of drug-likeness (QED) is 0.857. The van der Waals surface area contributed by atoms with E-state index in [-0.39, 0.29) is 11.2 Å². The van der Waals surface area contributed by atoms with E-state index in [2.05, 4.69) is 5.43 Å². The van der Waals surface area contributed by atoms with Crippen molar-refractivity contribution in [2.75, 3.05) is 26.3 Å². The Morgan fingerprint density at radius 3 is 2.26 bits per heavy atom. The van der Waals surface area contributed by atoms with Crippen LogP contribution in [-0.4, -0.2) is 37.2 Å². The normalized spacial score (nSPS) is 16.7. The lowest BCUT2D eigenvalue weighted by atomic mass is 10.1. The molecule has 23 heavy (non-hydrogen) atoms. The number of nitrogens with one attached hydrogen (secondary N) is 1. The minimum Gasteiger partial charge on any atom is -0.379 e. The maximum absolute atomic E-state index is 12.8. The van der Waals surface area contributed by atoms with Gasteiger partial charge in [-0.2, -0.15) is 0 Å². The van der Waals surface area contributed by atoms with E-state index in [1.54, 1.807) is 11.8 Å². The SMILES string of the molecule is O=C(NN1CCOCC1)C(Sc1ccccc1)c1ccccc1. The van der Waals surface area contributed by atoms with Crippen molar-refractivity contribution in [2.24, 2.45) is 0 Å². The first-order valence-electron chi connectivity index (χ1n) is 7.73. The van der Waals surface area contributed by atoms with Crippen molar-refractivity contribution >= 4 is 17.7 Å². The minimum atomic E-state index is -0.276. The Morgan fingerprint density at radius 2 is 1.61 bits per heavy atom. The maximum Gasteiger partial charge on any atom is 0.252 e. The van der Waals surface area contributed by atoms with Crippen molar-refractivity contribution in [1.82, 2.24) is 10.4 Å². The van der Waals surface area contributed by atoms with Gasteiger partial charge in [0.05, 0.1) is 13.2 Å². The fourth-order valence-electron chi connectivity index (χ4n) is 2.43. The molecule has 1 heterocycles. The third-order valence-electron chi connectivity index (χ3n) is 3.62. The number of amides is 1. The zero-order chi connectivity index (χ0) is 15.9. The van der Waals surface area contributed by atoms with Gasteiger partial charge >= 0.3 is 0 Å². The molecule has 0 spiro atoms. The van der Waals surface area contributed by atoms with E-state index < -0.39 is 0 Å². The van der Waals surface area contributed by atoms with Crippen LogP contribution >= 0.6 is 11.8 Å². The molecule has 1 unspecified atom stereocenters. The molecule has 1 fully saturated rings. The number of hydrogen-bond acceptors (Lipinski definition) is 4. The van der Waals surface area contributed by atoms with Gasteiger partial charge < -0.3 is 4.74 Å². The number of carbonyl (C=O) groups is 1. The third-order valence-corrected chi connectivity index (χ3v) is 4.88. The van der Waals surface area contributed by atoms with E-state index in [9.17, 15) is 4.79 Å². The highest BCUT2D eigenvalue weighted by atomic mass is 32.2. The Bertz CT molecular complexity index is 615. The first-order chi connectivity index (χ1) is 11.3. The van der Waals surface area contributed by atoms with Gasteiger partial charge in [-0.1, -0.05) is 48.5 Å². The van der Waals surface area contributed by atoms with Crippen molar-refractivity contribution in [2.45, 2.75) is 10.1 Å². The lowest BCUT2D eigenvalue weighted by molar-refractivity contribution is -0.127. The van der Waals surface area contributed by atoms with Crippen molar-refractivity contribution in [3.63, 3.8) is 0 Å². The van der Waals surface area contributed by atoms with E-state index >= 15 is 0 Å². The minimum absolute atomic E-state index is 0.00644. The Balaban J connectivity index is 1.75. The maximum atomic E-state index is 12.8. The fraction of sp³-hybridized carbons (Fsp3) is 0.278. The summed E-state index contributed by atoms with van der Waals surface area (Å²) in [5, 5.41) is 1.66. The van der Waals surface area contributed by atoms with Crippen LogP contribution in [0.1, 0.15) is 10.8 Å². The molecule has 1 saturated heterocycles. The van der Waals surface area contributed by atoms with Crippen molar-refractivity contribution < 1.29 is 9.53 Å². The summed E-state index contributed by atoms with van der Waals surface area (Å²) in [6.45, 7) is 2.76. The van der Waals surface area contributed by atoms with Crippen LogP contribution < -0.4 is 5.43 Å². The summed E-state index contributed by atoms with van der Waals surface area (Å²) in [5.41, 5.74) is 4.04. The summed E-state index contributed by atoms with van der Waals surface area (Å²) in [4.78, 5) is 13.9. The van der Waals surface area contributed by atoms with Crippen LogP contribution in [0.3, 0.4) is 0 Å². The van der Waals surface area contributed by atoms with Gasteiger partial charge in [0.2, 0.25) is 0 Å². The molecule has 3 rings (SSSR count). The van der Waals surface area contributed by atoms with Crippen LogP contribution in [0.5, 0.6) is 0 Å². The van der Waals surface area contributed by atoms with Crippen molar-refractivity contribution in [3.8, 4) is 0 Å². The summed E-state index contributed by atoms with van der Waals surface area (Å²) in [6.07, 6.45) is 0. The van der Waals surface area contributed by atoms with Crippen molar-refractivity contribution in [3.05, 3.63) is 66.2 Å².